The molecule has 1 saturated heterocycles. The van der Waals surface area contributed by atoms with Crippen LogP contribution in [-0.4, -0.2) is 50.1 Å². The van der Waals surface area contributed by atoms with Crippen LogP contribution >= 0.6 is 11.6 Å². The zero-order valence-corrected chi connectivity index (χ0v) is 14.7. The monoisotopic (exact) mass is 369 g/mol. The normalized spacial score (nSPS) is 16.8. The zero-order valence-electron chi connectivity index (χ0n) is 14.0. The Balaban J connectivity index is 2.10. The van der Waals surface area contributed by atoms with Crippen LogP contribution in [-0.2, 0) is 14.3 Å². The van der Waals surface area contributed by atoms with Gasteiger partial charge in [-0.1, -0.05) is 11.6 Å². The molecule has 25 heavy (non-hydrogen) atoms. The molecule has 9 heteroatoms. The first-order valence-corrected chi connectivity index (χ1v) is 8.19. The average Bonchev–Trinajstić information content (AvgIpc) is 2.56. The van der Waals surface area contributed by atoms with Crippen LogP contribution in [0.5, 0.6) is 5.75 Å². The van der Waals surface area contributed by atoms with Gasteiger partial charge in [0.2, 0.25) is 11.8 Å². The molecule has 3 N–H and O–H groups in total. The van der Waals surface area contributed by atoms with E-state index < -0.39 is 0 Å². The highest BCUT2D eigenvalue weighted by atomic mass is 35.5. The molecule has 3 amide bonds. The number of rotatable bonds is 6. The second kappa shape index (κ2) is 8.68. The minimum Gasteiger partial charge on any atom is -0.493 e. The lowest BCUT2D eigenvalue weighted by atomic mass is 10.1. The average molecular weight is 370 g/mol. The first-order chi connectivity index (χ1) is 11.9. The summed E-state index contributed by atoms with van der Waals surface area (Å²) in [6, 6.07) is 2.95. The molecule has 2 rings (SSSR count). The molecule has 8 nitrogen and oxygen atoms in total. The van der Waals surface area contributed by atoms with Gasteiger partial charge < -0.3 is 25.4 Å². The molecule has 0 aliphatic carbocycles. The van der Waals surface area contributed by atoms with Crippen LogP contribution < -0.4 is 20.7 Å². The van der Waals surface area contributed by atoms with Crippen LogP contribution in [0.15, 0.2) is 12.1 Å². The van der Waals surface area contributed by atoms with E-state index in [1.54, 1.807) is 6.92 Å². The van der Waals surface area contributed by atoms with E-state index in [0.717, 1.165) is 0 Å². The van der Waals surface area contributed by atoms with Gasteiger partial charge in [-0.3, -0.25) is 14.4 Å². The lowest BCUT2D eigenvalue weighted by molar-refractivity contribution is -0.132. The van der Waals surface area contributed by atoms with Gasteiger partial charge in [0.15, 0.2) is 0 Å². The topological polar surface area (TPSA) is 106 Å². The third-order valence-corrected chi connectivity index (χ3v) is 3.70. The van der Waals surface area contributed by atoms with E-state index in [1.165, 1.54) is 19.1 Å². The zero-order chi connectivity index (χ0) is 18.4. The lowest BCUT2D eigenvalue weighted by Crippen LogP contribution is -2.48. The van der Waals surface area contributed by atoms with Gasteiger partial charge in [-0.25, -0.2) is 0 Å². The summed E-state index contributed by atoms with van der Waals surface area (Å²) in [5.74, 6) is -0.536. The summed E-state index contributed by atoms with van der Waals surface area (Å²) in [7, 11) is 0. The van der Waals surface area contributed by atoms with Gasteiger partial charge >= 0.3 is 0 Å². The van der Waals surface area contributed by atoms with Crippen LogP contribution in [0.4, 0.5) is 5.69 Å². The molecular formula is C16H20ClN3O5. The molecule has 1 fully saturated rings. The fourth-order valence-corrected chi connectivity index (χ4v) is 2.47. The number of anilines is 1. The number of carbonyl (C=O) groups is 3. The molecule has 1 unspecified atom stereocenters. The number of ether oxygens (including phenoxy) is 2. The third kappa shape index (κ3) is 5.33. The van der Waals surface area contributed by atoms with Gasteiger partial charge in [0.05, 0.1) is 29.0 Å². The Kier molecular flexibility index (Phi) is 6.60. The van der Waals surface area contributed by atoms with Crippen LogP contribution in [0.1, 0.15) is 24.2 Å². The third-order valence-electron chi connectivity index (χ3n) is 3.39. The second-order valence-corrected chi connectivity index (χ2v) is 5.80. The van der Waals surface area contributed by atoms with Crippen LogP contribution in [0.3, 0.4) is 0 Å². The smallest absolute Gasteiger partial charge is 0.255 e. The molecule has 0 saturated carbocycles. The Morgan fingerprint density at radius 3 is 2.80 bits per heavy atom. The second-order valence-electron chi connectivity index (χ2n) is 5.39. The number of nitrogens with one attached hydrogen (secondary N) is 3. The molecule has 0 spiro atoms. The summed E-state index contributed by atoms with van der Waals surface area (Å²) in [5, 5.41) is 8.20. The van der Waals surface area contributed by atoms with Crippen molar-refractivity contribution in [2.75, 3.05) is 31.6 Å². The Hall–Kier alpha value is -2.32. The van der Waals surface area contributed by atoms with E-state index in [-0.39, 0.29) is 47.6 Å². The van der Waals surface area contributed by atoms with Crippen molar-refractivity contribution in [3.05, 3.63) is 22.7 Å². The molecule has 0 bridgehead atoms. The number of morpholine rings is 1. The van der Waals surface area contributed by atoms with Gasteiger partial charge in [0.25, 0.3) is 5.91 Å². The fraction of sp³-hybridized carbons (Fsp3) is 0.438. The summed E-state index contributed by atoms with van der Waals surface area (Å²) < 4.78 is 10.8. The van der Waals surface area contributed by atoms with E-state index in [1.807, 2.05) is 0 Å². The molecule has 1 aliphatic heterocycles. The Labute approximate surface area is 150 Å². The van der Waals surface area contributed by atoms with E-state index >= 15 is 0 Å². The number of carbonyl (C=O) groups excluding carboxylic acids is 3. The predicted molar refractivity (Wildman–Crippen MR) is 92.0 cm³/mol. The first-order valence-electron chi connectivity index (χ1n) is 7.81. The van der Waals surface area contributed by atoms with Gasteiger partial charge in [-0.15, -0.1) is 0 Å². The quantitative estimate of drug-likeness (QED) is 0.692. The Morgan fingerprint density at radius 2 is 2.20 bits per heavy atom. The molecule has 0 radical (unpaired) electrons. The van der Waals surface area contributed by atoms with Gasteiger partial charge in [0, 0.05) is 26.1 Å². The summed E-state index contributed by atoms with van der Waals surface area (Å²) in [6.45, 7) is 4.03. The standard InChI is InChI=1S/C16H20ClN3O5/c1-3-24-14-5-13(20-9(2)21)12(17)4-11(14)16(23)19-7-10-6-18-15(22)8-25-10/h4-5,10H,3,6-8H2,1-2H3,(H,18,22)(H,19,23)(H,20,21). The van der Waals surface area contributed by atoms with Crippen molar-refractivity contribution < 1.29 is 23.9 Å². The Morgan fingerprint density at radius 1 is 1.44 bits per heavy atom. The van der Waals surface area contributed by atoms with Crippen molar-refractivity contribution in [2.24, 2.45) is 0 Å². The maximum absolute atomic E-state index is 12.5. The van der Waals surface area contributed by atoms with Crippen molar-refractivity contribution in [3.63, 3.8) is 0 Å². The number of benzene rings is 1. The Bertz CT molecular complexity index is 670. The SMILES string of the molecule is CCOc1cc(NC(C)=O)c(Cl)cc1C(=O)NCC1CNC(=O)CO1. The molecule has 1 heterocycles. The van der Waals surface area contributed by atoms with Gasteiger partial charge in [-0.2, -0.15) is 0 Å². The highest BCUT2D eigenvalue weighted by Crippen LogP contribution is 2.31. The van der Waals surface area contributed by atoms with Crippen LogP contribution in [0, 0.1) is 0 Å². The fourth-order valence-electron chi connectivity index (χ4n) is 2.26. The lowest BCUT2D eigenvalue weighted by Gasteiger charge is -2.23. The maximum Gasteiger partial charge on any atom is 0.255 e. The first kappa shape index (κ1) is 19.0. The minimum atomic E-state index is -0.389. The molecular weight excluding hydrogens is 350 g/mol. The maximum atomic E-state index is 12.5. The van der Waals surface area contributed by atoms with E-state index in [9.17, 15) is 14.4 Å². The van der Waals surface area contributed by atoms with Crippen molar-refractivity contribution >= 4 is 35.0 Å². The molecule has 1 aliphatic rings. The minimum absolute atomic E-state index is 0.0258. The largest absolute Gasteiger partial charge is 0.493 e. The summed E-state index contributed by atoms with van der Waals surface area (Å²) in [4.78, 5) is 34.7. The van der Waals surface area contributed by atoms with Gasteiger partial charge in [-0.05, 0) is 13.0 Å². The number of hydrogen-bond donors (Lipinski definition) is 3. The van der Waals surface area contributed by atoms with Crippen molar-refractivity contribution in [1.82, 2.24) is 10.6 Å². The summed E-state index contributed by atoms with van der Waals surface area (Å²) in [5.41, 5.74) is 0.619. The van der Waals surface area contributed by atoms with Crippen molar-refractivity contribution in [2.45, 2.75) is 20.0 Å². The summed E-state index contributed by atoms with van der Waals surface area (Å²) in [6.07, 6.45) is -0.300. The van der Waals surface area contributed by atoms with E-state index in [4.69, 9.17) is 21.1 Å². The van der Waals surface area contributed by atoms with E-state index in [0.29, 0.717) is 24.6 Å². The van der Waals surface area contributed by atoms with Crippen molar-refractivity contribution in [3.8, 4) is 5.75 Å². The molecule has 0 aromatic heterocycles. The highest BCUT2D eigenvalue weighted by molar-refractivity contribution is 6.34. The van der Waals surface area contributed by atoms with Gasteiger partial charge in [0.1, 0.15) is 12.4 Å². The number of amides is 3. The molecule has 1 atom stereocenters. The molecule has 1 aromatic rings. The predicted octanol–water partition coefficient (Wildman–Crippen LogP) is 0.942. The molecule has 1 aromatic carbocycles. The highest BCUT2D eigenvalue weighted by Gasteiger charge is 2.21. The van der Waals surface area contributed by atoms with Crippen LogP contribution in [0.2, 0.25) is 5.02 Å². The summed E-state index contributed by atoms with van der Waals surface area (Å²) >= 11 is 6.13. The number of hydrogen-bond acceptors (Lipinski definition) is 5. The van der Waals surface area contributed by atoms with Crippen molar-refractivity contribution in [1.29, 1.82) is 0 Å². The molecule has 136 valence electrons. The van der Waals surface area contributed by atoms with Crippen LogP contribution in [0.25, 0.3) is 0 Å². The number of halogens is 1. The van der Waals surface area contributed by atoms with E-state index in [2.05, 4.69) is 16.0 Å².